The Morgan fingerprint density at radius 3 is 3.00 bits per heavy atom. The van der Waals surface area contributed by atoms with Crippen LogP contribution in [-0.4, -0.2) is 22.7 Å². The third-order valence-corrected chi connectivity index (χ3v) is 2.85. The highest BCUT2D eigenvalue weighted by atomic mass is 32.1. The van der Waals surface area contributed by atoms with Crippen molar-refractivity contribution in [1.29, 1.82) is 0 Å². The summed E-state index contributed by atoms with van der Waals surface area (Å²) in [6.45, 7) is 0.0798. The molecular formula is C13H12N4O2S. The second-order valence-electron chi connectivity index (χ2n) is 4.15. The molecular weight excluding hydrogens is 276 g/mol. The Balaban J connectivity index is 2.31. The molecule has 0 fully saturated rings. The third-order valence-electron chi connectivity index (χ3n) is 2.72. The summed E-state index contributed by atoms with van der Waals surface area (Å²) < 4.78 is 0. The Morgan fingerprint density at radius 1 is 1.45 bits per heavy atom. The van der Waals surface area contributed by atoms with Crippen molar-refractivity contribution in [2.45, 2.75) is 6.42 Å². The van der Waals surface area contributed by atoms with Crippen LogP contribution in [-0.2, 0) is 11.2 Å². The van der Waals surface area contributed by atoms with Gasteiger partial charge in [0.2, 0.25) is 11.5 Å². The van der Waals surface area contributed by atoms with E-state index in [-0.39, 0.29) is 24.6 Å². The number of rotatable bonds is 4. The molecule has 0 aliphatic rings. The highest BCUT2D eigenvalue weighted by Crippen LogP contribution is 2.18. The molecule has 0 atom stereocenters. The van der Waals surface area contributed by atoms with E-state index in [0.29, 0.717) is 16.8 Å². The molecule has 2 rings (SSSR count). The number of hydrogen-bond donors (Lipinski definition) is 3. The van der Waals surface area contributed by atoms with Gasteiger partial charge in [0.25, 0.3) is 0 Å². The number of nitrogens with two attached hydrogens (primary N) is 1. The molecule has 1 amide bonds. The highest BCUT2D eigenvalue weighted by molar-refractivity contribution is 7.78. The summed E-state index contributed by atoms with van der Waals surface area (Å²) in [5.74, 6) is -0.247. The topological polar surface area (TPSA) is 100 Å². The molecule has 1 heterocycles. The number of anilines is 1. The standard InChI is InChI=1S/C13H12N4O2S/c14-9-1-2-10-8(3-12(18)16-6-15-7-20)4-13(19)17-11(10)5-9/h1-2,4-5H,3,6,14H2,(H,16,18)(H,17,19). The first kappa shape index (κ1) is 13.9. The van der Waals surface area contributed by atoms with Crippen molar-refractivity contribution in [3.63, 3.8) is 0 Å². The highest BCUT2D eigenvalue weighted by Gasteiger charge is 2.08. The number of isothiocyanates is 1. The first-order valence-electron chi connectivity index (χ1n) is 5.82. The second kappa shape index (κ2) is 6.10. The van der Waals surface area contributed by atoms with Crippen LogP contribution in [0.15, 0.2) is 34.1 Å². The fraction of sp³-hybridized carbons (Fsp3) is 0.154. The predicted molar refractivity (Wildman–Crippen MR) is 80.7 cm³/mol. The van der Waals surface area contributed by atoms with E-state index < -0.39 is 0 Å². The monoisotopic (exact) mass is 288 g/mol. The molecule has 0 unspecified atom stereocenters. The van der Waals surface area contributed by atoms with Gasteiger partial charge in [-0.15, -0.1) is 0 Å². The van der Waals surface area contributed by atoms with E-state index in [1.54, 1.807) is 18.2 Å². The van der Waals surface area contributed by atoms with Gasteiger partial charge in [-0.05, 0) is 29.9 Å². The number of hydrogen-bond acceptors (Lipinski definition) is 5. The molecule has 102 valence electrons. The first-order valence-corrected chi connectivity index (χ1v) is 6.23. The maximum absolute atomic E-state index is 11.7. The van der Waals surface area contributed by atoms with Crippen LogP contribution >= 0.6 is 12.2 Å². The number of aromatic nitrogens is 1. The average Bonchev–Trinajstić information content (AvgIpc) is 2.38. The molecule has 0 aliphatic heterocycles. The molecule has 0 saturated carbocycles. The number of H-pyrrole nitrogens is 1. The number of carbonyl (C=O) groups is 1. The van der Waals surface area contributed by atoms with E-state index in [0.717, 1.165) is 5.39 Å². The second-order valence-corrected chi connectivity index (χ2v) is 4.33. The Morgan fingerprint density at radius 2 is 2.25 bits per heavy atom. The van der Waals surface area contributed by atoms with Crippen LogP contribution in [0.3, 0.4) is 0 Å². The fourth-order valence-corrected chi connectivity index (χ4v) is 1.96. The lowest BCUT2D eigenvalue weighted by Crippen LogP contribution is -2.25. The van der Waals surface area contributed by atoms with Crippen molar-refractivity contribution in [3.8, 4) is 0 Å². The van der Waals surface area contributed by atoms with Crippen LogP contribution in [0.2, 0.25) is 0 Å². The van der Waals surface area contributed by atoms with Gasteiger partial charge in [0, 0.05) is 17.1 Å². The Hall–Kier alpha value is -2.50. The largest absolute Gasteiger partial charge is 0.399 e. The summed E-state index contributed by atoms with van der Waals surface area (Å²) in [4.78, 5) is 29.6. The minimum absolute atomic E-state index is 0.0798. The zero-order valence-electron chi connectivity index (χ0n) is 10.5. The molecule has 1 aromatic heterocycles. The number of nitrogens with zero attached hydrogens (tertiary/aromatic N) is 1. The predicted octanol–water partition coefficient (Wildman–Crippen LogP) is 0.829. The van der Waals surface area contributed by atoms with Gasteiger partial charge < -0.3 is 16.0 Å². The van der Waals surface area contributed by atoms with Crippen LogP contribution in [0.4, 0.5) is 5.69 Å². The normalized spacial score (nSPS) is 10.0. The van der Waals surface area contributed by atoms with Gasteiger partial charge in [-0.1, -0.05) is 6.07 Å². The van der Waals surface area contributed by atoms with Crippen molar-refractivity contribution in [1.82, 2.24) is 10.3 Å². The Bertz CT molecular complexity index is 763. The summed E-state index contributed by atoms with van der Waals surface area (Å²) >= 11 is 4.40. The van der Waals surface area contributed by atoms with Crippen molar-refractivity contribution in [2.24, 2.45) is 4.99 Å². The van der Waals surface area contributed by atoms with Crippen LogP contribution in [0.25, 0.3) is 10.9 Å². The Labute approximate surface area is 119 Å². The van der Waals surface area contributed by atoms with Crippen LogP contribution in [0.5, 0.6) is 0 Å². The minimum atomic E-state index is -0.275. The number of aliphatic imine (C=N–C) groups is 1. The first-order chi connectivity index (χ1) is 9.60. The third kappa shape index (κ3) is 3.28. The van der Waals surface area contributed by atoms with Crippen LogP contribution < -0.4 is 16.6 Å². The van der Waals surface area contributed by atoms with Crippen molar-refractivity contribution >= 4 is 39.9 Å². The quantitative estimate of drug-likeness (QED) is 0.440. The number of fused-ring (bicyclic) bond motifs is 1. The molecule has 2 aromatic rings. The van der Waals surface area contributed by atoms with Gasteiger partial charge >= 0.3 is 0 Å². The number of benzene rings is 1. The molecule has 4 N–H and O–H groups in total. The van der Waals surface area contributed by atoms with E-state index in [4.69, 9.17) is 5.73 Å². The zero-order chi connectivity index (χ0) is 14.5. The maximum Gasteiger partial charge on any atom is 0.248 e. The molecule has 0 bridgehead atoms. The SMILES string of the molecule is Nc1ccc2c(CC(=O)NCN=C=S)cc(=O)[nH]c2c1. The van der Waals surface area contributed by atoms with E-state index in [9.17, 15) is 9.59 Å². The van der Waals surface area contributed by atoms with Gasteiger partial charge in [-0.3, -0.25) is 9.59 Å². The minimum Gasteiger partial charge on any atom is -0.399 e. The van der Waals surface area contributed by atoms with Crippen LogP contribution in [0.1, 0.15) is 5.56 Å². The van der Waals surface area contributed by atoms with E-state index in [2.05, 4.69) is 32.7 Å². The number of carbonyl (C=O) groups excluding carboxylic acids is 1. The molecule has 20 heavy (non-hydrogen) atoms. The molecule has 0 saturated heterocycles. The molecule has 6 nitrogen and oxygen atoms in total. The smallest absolute Gasteiger partial charge is 0.248 e. The molecule has 0 aliphatic carbocycles. The fourth-order valence-electron chi connectivity index (χ4n) is 1.89. The van der Waals surface area contributed by atoms with Gasteiger partial charge in [0.05, 0.1) is 17.1 Å². The lowest BCUT2D eigenvalue weighted by Gasteiger charge is -2.07. The van der Waals surface area contributed by atoms with Crippen molar-refractivity contribution in [2.75, 3.05) is 12.4 Å². The summed E-state index contributed by atoms with van der Waals surface area (Å²) in [7, 11) is 0. The molecule has 0 radical (unpaired) electrons. The molecule has 1 aromatic carbocycles. The zero-order valence-corrected chi connectivity index (χ0v) is 11.3. The van der Waals surface area contributed by atoms with Gasteiger partial charge in [0.15, 0.2) is 0 Å². The lowest BCUT2D eigenvalue weighted by atomic mass is 10.1. The molecule has 7 heteroatoms. The number of pyridine rings is 1. The molecule has 0 spiro atoms. The number of amides is 1. The van der Waals surface area contributed by atoms with Crippen molar-refractivity contribution < 1.29 is 4.79 Å². The Kier molecular flexibility index (Phi) is 4.24. The average molecular weight is 288 g/mol. The van der Waals surface area contributed by atoms with E-state index in [1.807, 2.05) is 0 Å². The summed E-state index contributed by atoms with van der Waals surface area (Å²) in [5.41, 5.74) is 7.19. The van der Waals surface area contributed by atoms with E-state index in [1.165, 1.54) is 6.07 Å². The van der Waals surface area contributed by atoms with E-state index >= 15 is 0 Å². The summed E-state index contributed by atoms with van der Waals surface area (Å²) in [5, 5.41) is 5.50. The van der Waals surface area contributed by atoms with Crippen LogP contribution in [0, 0.1) is 0 Å². The van der Waals surface area contributed by atoms with Crippen molar-refractivity contribution in [3.05, 3.63) is 40.2 Å². The number of nitrogen functional groups attached to an aromatic ring is 1. The maximum atomic E-state index is 11.7. The number of aromatic amines is 1. The van der Waals surface area contributed by atoms with Gasteiger partial charge in [-0.2, -0.15) is 0 Å². The number of thiocarbonyl (C=S) groups is 1. The number of nitrogens with one attached hydrogen (secondary N) is 2. The van der Waals surface area contributed by atoms with Gasteiger partial charge in [-0.25, -0.2) is 4.99 Å². The van der Waals surface area contributed by atoms with Gasteiger partial charge in [0.1, 0.15) is 6.67 Å². The summed E-state index contributed by atoms with van der Waals surface area (Å²) in [6.07, 6.45) is 0.0806. The lowest BCUT2D eigenvalue weighted by molar-refractivity contribution is -0.120. The summed E-state index contributed by atoms with van der Waals surface area (Å²) in [6, 6.07) is 6.56.